The lowest BCUT2D eigenvalue weighted by Crippen LogP contribution is -2.09. The topological polar surface area (TPSA) is 26.0 Å². The van der Waals surface area contributed by atoms with Crippen LogP contribution in [0.4, 0.5) is 0 Å². The Labute approximate surface area is 90.6 Å². The molecule has 0 bridgehead atoms. The Kier molecular flexibility index (Phi) is 4.18. The van der Waals surface area contributed by atoms with E-state index in [0.717, 1.165) is 23.4 Å². The Balaban J connectivity index is 2.60. The molecular weight excluding hydrogens is 194 g/mol. The summed E-state index contributed by atoms with van der Waals surface area (Å²) in [5.74, 6) is 0. The molecular formula is C12H16ClN. The van der Waals surface area contributed by atoms with Gasteiger partial charge in [0.25, 0.3) is 0 Å². The van der Waals surface area contributed by atoms with Gasteiger partial charge in [0, 0.05) is 11.1 Å². The van der Waals surface area contributed by atoms with Crippen molar-refractivity contribution < 1.29 is 0 Å². The molecule has 0 saturated carbocycles. The molecule has 0 aliphatic rings. The van der Waals surface area contributed by atoms with Gasteiger partial charge in [-0.2, -0.15) is 0 Å². The van der Waals surface area contributed by atoms with Crippen molar-refractivity contribution in [1.29, 1.82) is 0 Å². The SMILES string of the molecule is C=C(C)CCC(N)c1cccc(Cl)c1. The summed E-state index contributed by atoms with van der Waals surface area (Å²) in [7, 11) is 0. The minimum absolute atomic E-state index is 0.0606. The molecule has 0 saturated heterocycles. The summed E-state index contributed by atoms with van der Waals surface area (Å²) in [6, 6.07) is 7.78. The van der Waals surface area contributed by atoms with E-state index in [-0.39, 0.29) is 6.04 Å². The summed E-state index contributed by atoms with van der Waals surface area (Å²) < 4.78 is 0. The quantitative estimate of drug-likeness (QED) is 0.752. The van der Waals surface area contributed by atoms with Crippen molar-refractivity contribution >= 4 is 11.6 Å². The van der Waals surface area contributed by atoms with E-state index in [0.29, 0.717) is 0 Å². The van der Waals surface area contributed by atoms with E-state index in [1.54, 1.807) is 0 Å². The number of rotatable bonds is 4. The standard InChI is InChI=1S/C12H16ClN/c1-9(2)6-7-12(14)10-4-3-5-11(13)8-10/h3-5,8,12H,1,6-7,14H2,2H3. The van der Waals surface area contributed by atoms with Crippen LogP contribution < -0.4 is 5.73 Å². The highest BCUT2D eigenvalue weighted by Gasteiger charge is 2.05. The molecule has 0 aromatic heterocycles. The van der Waals surface area contributed by atoms with Crippen LogP contribution in [0.15, 0.2) is 36.4 Å². The zero-order valence-electron chi connectivity index (χ0n) is 8.46. The first-order chi connectivity index (χ1) is 6.59. The maximum absolute atomic E-state index is 6.01. The molecule has 1 aromatic carbocycles. The molecule has 1 atom stereocenters. The highest BCUT2D eigenvalue weighted by Crippen LogP contribution is 2.20. The van der Waals surface area contributed by atoms with Crippen LogP contribution in [-0.2, 0) is 0 Å². The van der Waals surface area contributed by atoms with Gasteiger partial charge in [-0.05, 0) is 37.5 Å². The highest BCUT2D eigenvalue weighted by atomic mass is 35.5. The molecule has 1 aromatic rings. The molecule has 2 heteroatoms. The lowest BCUT2D eigenvalue weighted by atomic mass is 10.0. The Morgan fingerprint density at radius 2 is 2.29 bits per heavy atom. The molecule has 0 amide bonds. The number of hydrogen-bond acceptors (Lipinski definition) is 1. The second kappa shape index (κ2) is 5.18. The average molecular weight is 210 g/mol. The van der Waals surface area contributed by atoms with Crippen molar-refractivity contribution in [2.45, 2.75) is 25.8 Å². The number of hydrogen-bond donors (Lipinski definition) is 1. The summed E-state index contributed by atoms with van der Waals surface area (Å²) in [5.41, 5.74) is 8.28. The molecule has 0 aliphatic heterocycles. The average Bonchev–Trinajstić information content (AvgIpc) is 2.14. The minimum Gasteiger partial charge on any atom is -0.324 e. The molecule has 0 heterocycles. The minimum atomic E-state index is 0.0606. The molecule has 1 nitrogen and oxygen atoms in total. The van der Waals surface area contributed by atoms with E-state index in [4.69, 9.17) is 17.3 Å². The van der Waals surface area contributed by atoms with Crippen LogP contribution in [0.2, 0.25) is 5.02 Å². The lowest BCUT2D eigenvalue weighted by Gasteiger charge is -2.11. The molecule has 0 radical (unpaired) electrons. The summed E-state index contributed by atoms with van der Waals surface area (Å²) in [6.45, 7) is 5.88. The Morgan fingerprint density at radius 3 is 2.86 bits per heavy atom. The summed E-state index contributed by atoms with van der Waals surface area (Å²) in [4.78, 5) is 0. The Hall–Kier alpha value is -0.790. The van der Waals surface area contributed by atoms with Gasteiger partial charge in [0.15, 0.2) is 0 Å². The third-order valence-corrected chi connectivity index (χ3v) is 2.39. The van der Waals surface area contributed by atoms with Crippen molar-refractivity contribution in [2.75, 3.05) is 0 Å². The summed E-state index contributed by atoms with van der Waals surface area (Å²) in [5, 5.41) is 0.744. The van der Waals surface area contributed by atoms with E-state index < -0.39 is 0 Å². The van der Waals surface area contributed by atoms with Gasteiger partial charge in [-0.25, -0.2) is 0 Å². The lowest BCUT2D eigenvalue weighted by molar-refractivity contribution is 0.649. The van der Waals surface area contributed by atoms with E-state index in [9.17, 15) is 0 Å². The maximum atomic E-state index is 6.01. The van der Waals surface area contributed by atoms with Crippen molar-refractivity contribution in [3.05, 3.63) is 47.0 Å². The fourth-order valence-electron chi connectivity index (χ4n) is 1.31. The summed E-state index contributed by atoms with van der Waals surface area (Å²) in [6.07, 6.45) is 1.89. The van der Waals surface area contributed by atoms with Crippen LogP contribution in [0.1, 0.15) is 31.4 Å². The fraction of sp³-hybridized carbons (Fsp3) is 0.333. The first-order valence-electron chi connectivity index (χ1n) is 4.75. The third-order valence-electron chi connectivity index (χ3n) is 2.16. The van der Waals surface area contributed by atoms with Gasteiger partial charge in [0.2, 0.25) is 0 Å². The van der Waals surface area contributed by atoms with Crippen LogP contribution in [0.5, 0.6) is 0 Å². The fourth-order valence-corrected chi connectivity index (χ4v) is 1.50. The molecule has 0 fully saturated rings. The van der Waals surface area contributed by atoms with Gasteiger partial charge in [0.05, 0.1) is 0 Å². The van der Waals surface area contributed by atoms with Gasteiger partial charge < -0.3 is 5.73 Å². The number of benzene rings is 1. The van der Waals surface area contributed by atoms with Crippen molar-refractivity contribution in [2.24, 2.45) is 5.73 Å². The van der Waals surface area contributed by atoms with Gasteiger partial charge in [0.1, 0.15) is 0 Å². The maximum Gasteiger partial charge on any atom is 0.0409 e. The zero-order valence-corrected chi connectivity index (χ0v) is 9.22. The zero-order chi connectivity index (χ0) is 10.6. The monoisotopic (exact) mass is 209 g/mol. The van der Waals surface area contributed by atoms with E-state index in [2.05, 4.69) is 6.58 Å². The van der Waals surface area contributed by atoms with E-state index >= 15 is 0 Å². The number of nitrogens with two attached hydrogens (primary N) is 1. The predicted molar refractivity (Wildman–Crippen MR) is 62.4 cm³/mol. The van der Waals surface area contributed by atoms with Crippen LogP contribution in [0.3, 0.4) is 0 Å². The van der Waals surface area contributed by atoms with Crippen molar-refractivity contribution in [3.8, 4) is 0 Å². The highest BCUT2D eigenvalue weighted by molar-refractivity contribution is 6.30. The van der Waals surface area contributed by atoms with E-state index in [1.165, 1.54) is 5.57 Å². The molecule has 0 aliphatic carbocycles. The molecule has 1 unspecified atom stereocenters. The number of halogens is 1. The van der Waals surface area contributed by atoms with Crippen LogP contribution in [-0.4, -0.2) is 0 Å². The van der Waals surface area contributed by atoms with Crippen LogP contribution >= 0.6 is 11.6 Å². The molecule has 14 heavy (non-hydrogen) atoms. The van der Waals surface area contributed by atoms with Crippen molar-refractivity contribution in [3.63, 3.8) is 0 Å². The van der Waals surface area contributed by atoms with Crippen molar-refractivity contribution in [1.82, 2.24) is 0 Å². The first-order valence-corrected chi connectivity index (χ1v) is 5.13. The van der Waals surface area contributed by atoms with Gasteiger partial charge in [-0.3, -0.25) is 0 Å². The second-order valence-electron chi connectivity index (χ2n) is 3.66. The molecule has 1 rings (SSSR count). The van der Waals surface area contributed by atoms with Gasteiger partial charge in [-0.1, -0.05) is 29.3 Å². The summed E-state index contributed by atoms with van der Waals surface area (Å²) >= 11 is 5.88. The third kappa shape index (κ3) is 3.52. The van der Waals surface area contributed by atoms with Gasteiger partial charge >= 0.3 is 0 Å². The smallest absolute Gasteiger partial charge is 0.0409 e. The van der Waals surface area contributed by atoms with E-state index in [1.807, 2.05) is 31.2 Å². The molecule has 76 valence electrons. The molecule has 2 N–H and O–H groups in total. The Morgan fingerprint density at radius 1 is 1.57 bits per heavy atom. The van der Waals surface area contributed by atoms with Gasteiger partial charge in [-0.15, -0.1) is 6.58 Å². The Bertz CT molecular complexity index is 320. The van der Waals surface area contributed by atoms with Crippen LogP contribution in [0, 0.1) is 0 Å². The molecule has 0 spiro atoms. The number of allylic oxidation sites excluding steroid dienone is 1. The normalized spacial score (nSPS) is 12.5. The largest absolute Gasteiger partial charge is 0.324 e. The second-order valence-corrected chi connectivity index (χ2v) is 4.09. The predicted octanol–water partition coefficient (Wildman–Crippen LogP) is 3.70. The first kappa shape index (κ1) is 11.3. The van der Waals surface area contributed by atoms with Crippen LogP contribution in [0.25, 0.3) is 0 Å².